The van der Waals surface area contributed by atoms with E-state index in [0.717, 1.165) is 22.5 Å². The van der Waals surface area contributed by atoms with Gasteiger partial charge >= 0.3 is 0 Å². The quantitative estimate of drug-likeness (QED) is 0.634. The van der Waals surface area contributed by atoms with E-state index >= 15 is 0 Å². The van der Waals surface area contributed by atoms with Crippen LogP contribution in [0.3, 0.4) is 0 Å². The average Bonchev–Trinajstić information content (AvgIpc) is 2.32. The van der Waals surface area contributed by atoms with Crippen molar-refractivity contribution in [1.29, 1.82) is 5.41 Å². The zero-order chi connectivity index (χ0) is 13.7. The van der Waals surface area contributed by atoms with Crippen LogP contribution in [0.2, 0.25) is 0 Å². The molecule has 0 fully saturated rings. The van der Waals surface area contributed by atoms with Crippen LogP contribution < -0.4 is 5.32 Å². The van der Waals surface area contributed by atoms with Gasteiger partial charge in [-0.2, -0.15) is 0 Å². The lowest BCUT2D eigenvalue weighted by molar-refractivity contribution is 1.12. The zero-order valence-electron chi connectivity index (χ0n) is 11.6. The molecule has 0 spiro atoms. The molecular weight excluding hydrogens is 224 g/mol. The van der Waals surface area contributed by atoms with Gasteiger partial charge in [-0.3, -0.25) is 0 Å². The van der Waals surface area contributed by atoms with Crippen molar-refractivity contribution >= 4 is 22.9 Å². The Morgan fingerprint density at radius 3 is 2.56 bits per heavy atom. The molecule has 18 heavy (non-hydrogen) atoms. The summed E-state index contributed by atoms with van der Waals surface area (Å²) < 4.78 is 0. The maximum Gasteiger partial charge on any atom is 0.156 e. The first kappa shape index (κ1) is 14.1. The third kappa shape index (κ3) is 3.26. The molecule has 96 valence electrons. The fraction of sp³-hybridized carbons (Fsp3) is 0.357. The lowest BCUT2D eigenvalue weighted by Gasteiger charge is -2.08. The first-order chi connectivity index (χ1) is 8.49. The van der Waals surface area contributed by atoms with Crippen LogP contribution >= 0.6 is 0 Å². The third-order valence-electron chi connectivity index (χ3n) is 2.69. The largest absolute Gasteiger partial charge is 0.377 e. The summed E-state index contributed by atoms with van der Waals surface area (Å²) in [6.45, 7) is 7.58. The number of nitrogens with zero attached hydrogens (tertiary/aromatic N) is 2. The number of hydrogen-bond acceptors (Lipinski definition) is 3. The van der Waals surface area contributed by atoms with Gasteiger partial charge < -0.3 is 10.7 Å². The van der Waals surface area contributed by atoms with Crippen molar-refractivity contribution in [2.75, 3.05) is 7.05 Å². The molecular formula is C14H20N4. The van der Waals surface area contributed by atoms with Gasteiger partial charge in [0.05, 0.1) is 0 Å². The van der Waals surface area contributed by atoms with Gasteiger partial charge in [0.25, 0.3) is 0 Å². The molecule has 0 aliphatic rings. The molecule has 0 aromatic carbocycles. The predicted octanol–water partition coefficient (Wildman–Crippen LogP) is 3.10. The third-order valence-corrected chi connectivity index (χ3v) is 2.69. The molecule has 4 heteroatoms. The standard InChI is InChI=1S/C14H20N4/c1-6-13(10(3)15)12-7-9(2)14(17-8-12)18-11(4)16-5/h6-8,15H,1-5H3,(H,16,17,18)/b13-6-,15-10?. The number of pyridine rings is 1. The van der Waals surface area contributed by atoms with Crippen molar-refractivity contribution in [3.05, 3.63) is 29.5 Å². The first-order valence-electron chi connectivity index (χ1n) is 5.91. The van der Waals surface area contributed by atoms with Gasteiger partial charge in [0.15, 0.2) is 5.82 Å². The summed E-state index contributed by atoms with van der Waals surface area (Å²) in [6.07, 6.45) is 3.70. The molecule has 0 aliphatic carbocycles. The monoisotopic (exact) mass is 244 g/mol. The van der Waals surface area contributed by atoms with Crippen molar-refractivity contribution in [3.8, 4) is 0 Å². The summed E-state index contributed by atoms with van der Waals surface area (Å²) in [5.74, 6) is 1.54. The van der Waals surface area contributed by atoms with Crippen LogP contribution in [-0.2, 0) is 0 Å². The summed E-state index contributed by atoms with van der Waals surface area (Å²) in [6, 6.07) is 2.02. The summed E-state index contributed by atoms with van der Waals surface area (Å²) in [7, 11) is 1.83. The van der Waals surface area contributed by atoms with Gasteiger partial charge in [-0.1, -0.05) is 6.08 Å². The van der Waals surface area contributed by atoms with E-state index in [1.165, 1.54) is 0 Å². The Hall–Kier alpha value is -1.97. The lowest BCUT2D eigenvalue weighted by atomic mass is 10.0. The smallest absolute Gasteiger partial charge is 0.156 e. The fourth-order valence-corrected chi connectivity index (χ4v) is 1.65. The Bertz CT molecular complexity index is 513. The van der Waals surface area contributed by atoms with Crippen molar-refractivity contribution in [1.82, 2.24) is 10.3 Å². The normalized spacial score (nSPS) is 12.5. The molecule has 0 radical (unpaired) electrons. The van der Waals surface area contributed by atoms with Gasteiger partial charge in [-0.15, -0.1) is 0 Å². The summed E-state index contributed by atoms with van der Waals surface area (Å²) in [5.41, 5.74) is 3.42. The van der Waals surface area contributed by atoms with E-state index in [1.807, 2.05) is 40.0 Å². The summed E-state index contributed by atoms with van der Waals surface area (Å²) in [4.78, 5) is 8.72. The van der Waals surface area contributed by atoms with E-state index in [0.29, 0.717) is 11.5 Å². The molecule has 2 N–H and O–H groups in total. The second-order valence-electron chi connectivity index (χ2n) is 4.14. The molecule has 0 bridgehead atoms. The Morgan fingerprint density at radius 1 is 1.44 bits per heavy atom. The zero-order valence-corrected chi connectivity index (χ0v) is 11.6. The lowest BCUT2D eigenvalue weighted by Crippen LogP contribution is -2.13. The van der Waals surface area contributed by atoms with Crippen LogP contribution in [-0.4, -0.2) is 23.6 Å². The number of rotatable bonds is 3. The summed E-state index contributed by atoms with van der Waals surface area (Å²) in [5, 5.41) is 10.7. The van der Waals surface area contributed by atoms with Gasteiger partial charge in [-0.25, -0.2) is 9.98 Å². The van der Waals surface area contributed by atoms with Crippen LogP contribution in [0.1, 0.15) is 31.9 Å². The van der Waals surface area contributed by atoms with Crippen LogP contribution in [0.5, 0.6) is 0 Å². The highest BCUT2D eigenvalue weighted by Gasteiger charge is 2.06. The van der Waals surface area contributed by atoms with Crippen LogP contribution in [0, 0.1) is 12.3 Å². The summed E-state index contributed by atoms with van der Waals surface area (Å²) >= 11 is 0. The minimum absolute atomic E-state index is 0.543. The van der Waals surface area contributed by atoms with Crippen LogP contribution in [0.15, 0.2) is 23.3 Å². The van der Waals surface area contributed by atoms with Crippen molar-refractivity contribution in [2.24, 2.45) is 4.99 Å². The van der Waals surface area contributed by atoms with Crippen molar-refractivity contribution in [2.45, 2.75) is 27.7 Å². The minimum atomic E-state index is 0.543. The fourth-order valence-electron chi connectivity index (χ4n) is 1.65. The molecule has 0 saturated carbocycles. The number of aromatic nitrogens is 1. The van der Waals surface area contributed by atoms with E-state index in [4.69, 9.17) is 5.41 Å². The molecule has 1 aromatic heterocycles. The van der Waals surface area contributed by atoms with Crippen molar-refractivity contribution < 1.29 is 0 Å². The highest BCUT2D eigenvalue weighted by Crippen LogP contribution is 2.21. The van der Waals surface area contributed by atoms with E-state index < -0.39 is 0 Å². The second kappa shape index (κ2) is 6.10. The Labute approximate surface area is 108 Å². The minimum Gasteiger partial charge on any atom is -0.377 e. The van der Waals surface area contributed by atoms with E-state index in [9.17, 15) is 0 Å². The van der Waals surface area contributed by atoms with Crippen LogP contribution in [0.4, 0.5) is 5.82 Å². The Morgan fingerprint density at radius 2 is 2.11 bits per heavy atom. The van der Waals surface area contributed by atoms with Gasteiger partial charge in [0, 0.05) is 24.5 Å². The molecule has 0 amide bonds. The number of amidine groups is 1. The Balaban J connectivity index is 3.18. The van der Waals surface area contributed by atoms with Gasteiger partial charge in [-0.05, 0) is 44.9 Å². The first-order valence-corrected chi connectivity index (χ1v) is 5.91. The molecule has 4 nitrogen and oxygen atoms in total. The maximum absolute atomic E-state index is 7.72. The highest BCUT2D eigenvalue weighted by molar-refractivity contribution is 6.21. The average molecular weight is 244 g/mol. The van der Waals surface area contributed by atoms with Crippen molar-refractivity contribution in [3.63, 3.8) is 0 Å². The maximum atomic E-state index is 7.72. The topological polar surface area (TPSA) is 61.1 Å². The van der Waals surface area contributed by atoms with Gasteiger partial charge in [0.2, 0.25) is 0 Å². The number of nitrogens with one attached hydrogen (secondary N) is 2. The highest BCUT2D eigenvalue weighted by atomic mass is 15.0. The SMILES string of the molecule is C/C=C(/C(C)=N)c1cnc(/N=C(\C)NC)c(C)c1. The number of allylic oxidation sites excluding steroid dienone is 2. The number of hydrogen-bond donors (Lipinski definition) is 2. The Kier molecular flexibility index (Phi) is 4.77. The van der Waals surface area contributed by atoms with Crippen LogP contribution in [0.25, 0.3) is 5.57 Å². The van der Waals surface area contributed by atoms with Gasteiger partial charge in [0.1, 0.15) is 5.84 Å². The van der Waals surface area contributed by atoms with E-state index in [-0.39, 0.29) is 0 Å². The molecule has 0 aliphatic heterocycles. The van der Waals surface area contributed by atoms with E-state index in [1.54, 1.807) is 13.1 Å². The molecule has 1 aromatic rings. The number of aliphatic imine (C=N–C) groups is 1. The molecule has 1 heterocycles. The number of aryl methyl sites for hydroxylation is 1. The molecule has 0 saturated heterocycles. The second-order valence-corrected chi connectivity index (χ2v) is 4.14. The molecule has 0 atom stereocenters. The van der Waals surface area contributed by atoms with E-state index in [2.05, 4.69) is 15.3 Å². The molecule has 0 unspecified atom stereocenters. The molecule has 1 rings (SSSR count). The predicted molar refractivity (Wildman–Crippen MR) is 77.9 cm³/mol.